The van der Waals surface area contributed by atoms with Crippen LogP contribution in [0.25, 0.3) is 0 Å². The summed E-state index contributed by atoms with van der Waals surface area (Å²) >= 11 is 0. The number of hydrogen-bond acceptors (Lipinski definition) is 4. The Hall–Kier alpha value is -1.78. The molecule has 16 heavy (non-hydrogen) atoms. The van der Waals surface area contributed by atoms with Crippen molar-refractivity contribution in [3.63, 3.8) is 0 Å². The van der Waals surface area contributed by atoms with Crippen LogP contribution in [0, 0.1) is 0 Å². The molecule has 0 saturated heterocycles. The second-order valence-corrected chi connectivity index (χ2v) is 3.56. The summed E-state index contributed by atoms with van der Waals surface area (Å²) in [7, 11) is 1.15. The first-order chi connectivity index (χ1) is 7.55. The van der Waals surface area contributed by atoms with Crippen molar-refractivity contribution in [2.24, 2.45) is 0 Å². The Balaban J connectivity index is 2.37. The summed E-state index contributed by atoms with van der Waals surface area (Å²) in [5.41, 5.74) is -2.00. The van der Waals surface area contributed by atoms with E-state index in [1.807, 2.05) is 0 Å². The van der Waals surface area contributed by atoms with Crippen LogP contribution in [0.5, 0.6) is 11.5 Å². The Bertz CT molecular complexity index is 428. The molecule has 4 nitrogen and oxygen atoms in total. The Kier molecular flexibility index (Phi) is 2.46. The standard InChI is InChI=1S/C11H11FO4/c1-11(12,10(13)14-2)7-3-4-8-9(5-7)16-6-15-8/h3-5H,6H2,1-2H3. The minimum atomic E-state index is -2.18. The Morgan fingerprint density at radius 1 is 1.44 bits per heavy atom. The smallest absolute Gasteiger partial charge is 0.348 e. The highest BCUT2D eigenvalue weighted by Gasteiger charge is 2.37. The molecule has 0 saturated carbocycles. The van der Waals surface area contributed by atoms with E-state index in [-0.39, 0.29) is 12.4 Å². The average Bonchev–Trinajstić information content (AvgIpc) is 2.74. The summed E-state index contributed by atoms with van der Waals surface area (Å²) in [6, 6.07) is 4.49. The SMILES string of the molecule is COC(=O)C(C)(F)c1ccc2c(c1)OCO2. The molecule has 1 aromatic carbocycles. The zero-order valence-corrected chi connectivity index (χ0v) is 8.95. The van der Waals surface area contributed by atoms with Crippen molar-refractivity contribution in [2.45, 2.75) is 12.6 Å². The fourth-order valence-electron chi connectivity index (χ4n) is 1.50. The predicted molar refractivity (Wildman–Crippen MR) is 53.0 cm³/mol. The van der Waals surface area contributed by atoms with E-state index < -0.39 is 11.6 Å². The number of carbonyl (C=O) groups is 1. The minimum absolute atomic E-state index is 0.111. The summed E-state index contributed by atoms with van der Waals surface area (Å²) < 4.78 is 28.7. The molecule has 1 heterocycles. The highest BCUT2D eigenvalue weighted by atomic mass is 19.1. The van der Waals surface area contributed by atoms with Gasteiger partial charge in [-0.2, -0.15) is 0 Å². The van der Waals surface area contributed by atoms with Gasteiger partial charge in [0.25, 0.3) is 0 Å². The topological polar surface area (TPSA) is 44.8 Å². The fourth-order valence-corrected chi connectivity index (χ4v) is 1.50. The highest BCUT2D eigenvalue weighted by molar-refractivity contribution is 5.81. The molecule has 5 heteroatoms. The molecule has 0 bridgehead atoms. The van der Waals surface area contributed by atoms with Crippen LogP contribution in [-0.4, -0.2) is 19.9 Å². The summed E-state index contributed by atoms with van der Waals surface area (Å²) in [6.07, 6.45) is 0. The molecule has 1 aromatic rings. The first-order valence-electron chi connectivity index (χ1n) is 4.73. The number of fused-ring (bicyclic) bond motifs is 1. The number of halogens is 1. The molecule has 0 N–H and O–H groups in total. The minimum Gasteiger partial charge on any atom is -0.466 e. The quantitative estimate of drug-likeness (QED) is 0.721. The molecule has 0 radical (unpaired) electrons. The van der Waals surface area contributed by atoms with Gasteiger partial charge in [0.15, 0.2) is 11.5 Å². The second-order valence-electron chi connectivity index (χ2n) is 3.56. The molecule has 0 aliphatic carbocycles. The van der Waals surface area contributed by atoms with Crippen molar-refractivity contribution < 1.29 is 23.4 Å². The third-order valence-corrected chi connectivity index (χ3v) is 2.48. The third-order valence-electron chi connectivity index (χ3n) is 2.48. The van der Waals surface area contributed by atoms with Gasteiger partial charge in [-0.05, 0) is 19.1 Å². The zero-order chi connectivity index (χ0) is 11.8. The summed E-state index contributed by atoms with van der Waals surface area (Å²) in [5, 5.41) is 0. The lowest BCUT2D eigenvalue weighted by molar-refractivity contribution is -0.154. The number of hydrogen-bond donors (Lipinski definition) is 0. The Morgan fingerprint density at radius 3 is 2.81 bits per heavy atom. The lowest BCUT2D eigenvalue weighted by atomic mass is 9.98. The zero-order valence-electron chi connectivity index (χ0n) is 8.95. The second kappa shape index (κ2) is 3.66. The van der Waals surface area contributed by atoms with Crippen LogP contribution in [0.2, 0.25) is 0 Å². The van der Waals surface area contributed by atoms with Gasteiger partial charge in [0.2, 0.25) is 12.5 Å². The van der Waals surface area contributed by atoms with Crippen molar-refractivity contribution in [2.75, 3.05) is 13.9 Å². The lowest BCUT2D eigenvalue weighted by Crippen LogP contribution is -2.28. The fraction of sp³-hybridized carbons (Fsp3) is 0.364. The average molecular weight is 226 g/mol. The predicted octanol–water partition coefficient (Wildman–Crippen LogP) is 1.77. The van der Waals surface area contributed by atoms with Crippen LogP contribution in [-0.2, 0) is 15.2 Å². The van der Waals surface area contributed by atoms with Crippen molar-refractivity contribution >= 4 is 5.97 Å². The van der Waals surface area contributed by atoms with E-state index in [1.165, 1.54) is 12.1 Å². The van der Waals surface area contributed by atoms with Crippen LogP contribution in [0.1, 0.15) is 12.5 Å². The monoisotopic (exact) mass is 226 g/mol. The van der Waals surface area contributed by atoms with Gasteiger partial charge in [0, 0.05) is 5.56 Å². The van der Waals surface area contributed by atoms with Crippen LogP contribution in [0.4, 0.5) is 4.39 Å². The van der Waals surface area contributed by atoms with E-state index in [2.05, 4.69) is 4.74 Å². The molecule has 2 rings (SSSR count). The molecule has 1 aliphatic rings. The van der Waals surface area contributed by atoms with Gasteiger partial charge in [0.05, 0.1) is 7.11 Å². The van der Waals surface area contributed by atoms with Crippen LogP contribution in [0.3, 0.4) is 0 Å². The molecule has 1 aliphatic heterocycles. The summed E-state index contributed by atoms with van der Waals surface area (Å²) in [5.74, 6) is 0.0426. The Labute approximate surface area is 91.9 Å². The first-order valence-corrected chi connectivity index (χ1v) is 4.73. The maximum Gasteiger partial charge on any atom is 0.348 e. The van der Waals surface area contributed by atoms with Gasteiger partial charge in [-0.3, -0.25) is 0 Å². The molecule has 0 aromatic heterocycles. The number of rotatable bonds is 2. The van der Waals surface area contributed by atoms with Gasteiger partial charge in [0.1, 0.15) is 0 Å². The first kappa shape index (κ1) is 10.7. The number of benzene rings is 1. The number of carbonyl (C=O) groups excluding carboxylic acids is 1. The van der Waals surface area contributed by atoms with Gasteiger partial charge in [-0.25, -0.2) is 9.18 Å². The van der Waals surface area contributed by atoms with Crippen molar-refractivity contribution in [3.8, 4) is 11.5 Å². The number of ether oxygens (including phenoxy) is 3. The van der Waals surface area contributed by atoms with E-state index in [0.29, 0.717) is 11.5 Å². The summed E-state index contributed by atoms with van der Waals surface area (Å²) in [4.78, 5) is 11.3. The van der Waals surface area contributed by atoms with Crippen molar-refractivity contribution in [1.29, 1.82) is 0 Å². The third kappa shape index (κ3) is 1.58. The Morgan fingerprint density at radius 2 is 2.12 bits per heavy atom. The normalized spacial score (nSPS) is 16.7. The largest absolute Gasteiger partial charge is 0.466 e. The maximum absolute atomic E-state index is 14.1. The maximum atomic E-state index is 14.1. The van der Waals surface area contributed by atoms with Gasteiger partial charge >= 0.3 is 5.97 Å². The molecule has 0 fully saturated rings. The number of esters is 1. The number of alkyl halides is 1. The molecule has 0 spiro atoms. The van der Waals surface area contributed by atoms with Crippen LogP contribution in [0.15, 0.2) is 18.2 Å². The van der Waals surface area contributed by atoms with Gasteiger partial charge < -0.3 is 14.2 Å². The summed E-state index contributed by atoms with van der Waals surface area (Å²) in [6.45, 7) is 1.26. The van der Waals surface area contributed by atoms with E-state index in [9.17, 15) is 9.18 Å². The van der Waals surface area contributed by atoms with Gasteiger partial charge in [-0.15, -0.1) is 0 Å². The molecule has 0 amide bonds. The molecular weight excluding hydrogens is 215 g/mol. The molecular formula is C11H11FO4. The molecule has 1 atom stereocenters. The van der Waals surface area contributed by atoms with Crippen molar-refractivity contribution in [1.82, 2.24) is 0 Å². The van der Waals surface area contributed by atoms with Crippen molar-refractivity contribution in [3.05, 3.63) is 23.8 Å². The van der Waals surface area contributed by atoms with E-state index >= 15 is 0 Å². The molecule has 1 unspecified atom stereocenters. The highest BCUT2D eigenvalue weighted by Crippen LogP contribution is 2.37. The van der Waals surface area contributed by atoms with Gasteiger partial charge in [-0.1, -0.05) is 6.07 Å². The van der Waals surface area contributed by atoms with E-state index in [4.69, 9.17) is 9.47 Å². The van der Waals surface area contributed by atoms with Crippen LogP contribution >= 0.6 is 0 Å². The van der Waals surface area contributed by atoms with E-state index in [1.54, 1.807) is 6.07 Å². The molecule has 86 valence electrons. The number of methoxy groups -OCH3 is 1. The van der Waals surface area contributed by atoms with E-state index in [0.717, 1.165) is 14.0 Å². The van der Waals surface area contributed by atoms with Crippen LogP contribution < -0.4 is 9.47 Å². The lowest BCUT2D eigenvalue weighted by Gasteiger charge is -2.17.